The zero-order valence-electron chi connectivity index (χ0n) is 5.66. The zero-order chi connectivity index (χ0) is 7.44. The third kappa shape index (κ3) is 2.28. The van der Waals surface area contributed by atoms with Crippen molar-refractivity contribution in [3.05, 3.63) is 12.7 Å². The molecule has 0 aliphatic carbocycles. The molecule has 1 unspecified atom stereocenters. The molecule has 0 rings (SSSR count). The van der Waals surface area contributed by atoms with E-state index in [-0.39, 0.29) is 5.91 Å². The number of hydrogen-bond donors (Lipinski definition) is 1. The lowest BCUT2D eigenvalue weighted by Crippen LogP contribution is -2.33. The Balaban J connectivity index is 3.87. The normalized spacial score (nSPS) is 12.3. The number of nitrogens with zero attached hydrogens (tertiary/aromatic N) is 1. The maximum Gasteiger partial charge on any atom is 0.247 e. The highest BCUT2D eigenvalue weighted by molar-refractivity contribution is 5.86. The van der Waals surface area contributed by atoms with Crippen LogP contribution in [-0.2, 0) is 4.79 Å². The van der Waals surface area contributed by atoms with Gasteiger partial charge in [-0.3, -0.25) is 4.79 Å². The lowest BCUT2D eigenvalue weighted by molar-refractivity contribution is -0.132. The molecule has 0 heterocycles. The number of carbonyl (C=O) groups is 1. The average Bonchev–Trinajstić information content (AvgIpc) is 1.84. The van der Waals surface area contributed by atoms with Crippen molar-refractivity contribution in [1.82, 2.24) is 4.90 Å². The van der Waals surface area contributed by atoms with Gasteiger partial charge in [0.15, 0.2) is 0 Å². The van der Waals surface area contributed by atoms with Gasteiger partial charge in [-0.2, -0.15) is 0 Å². The molecule has 52 valence electrons. The second-order valence-corrected chi connectivity index (χ2v) is 1.79. The quantitative estimate of drug-likeness (QED) is 0.420. The summed E-state index contributed by atoms with van der Waals surface area (Å²) < 4.78 is 0. The van der Waals surface area contributed by atoms with Gasteiger partial charge in [0.05, 0.1) is 0 Å². The number of aliphatic hydroxyl groups is 1. The van der Waals surface area contributed by atoms with Gasteiger partial charge in [0, 0.05) is 7.05 Å². The Labute approximate surface area is 54.6 Å². The number of hydrogen-bond acceptors (Lipinski definition) is 2. The van der Waals surface area contributed by atoms with E-state index >= 15 is 0 Å². The first-order valence-corrected chi connectivity index (χ1v) is 2.67. The largest absolute Gasteiger partial charge is 0.374 e. The van der Waals surface area contributed by atoms with E-state index in [1.165, 1.54) is 18.9 Å². The maximum atomic E-state index is 10.6. The van der Waals surface area contributed by atoms with Crippen molar-refractivity contribution in [2.45, 2.75) is 13.2 Å². The zero-order valence-corrected chi connectivity index (χ0v) is 5.66. The fraction of sp³-hybridized carbons (Fsp3) is 0.500. The van der Waals surface area contributed by atoms with E-state index in [0.29, 0.717) is 0 Å². The maximum absolute atomic E-state index is 10.6. The number of carbonyl (C=O) groups excluding carboxylic acids is 1. The van der Waals surface area contributed by atoms with Gasteiger partial charge in [-0.05, 0) is 13.0 Å². The van der Waals surface area contributed by atoms with E-state index in [9.17, 15) is 4.79 Å². The van der Waals surface area contributed by atoms with Gasteiger partial charge >= 0.3 is 0 Å². The second-order valence-electron chi connectivity index (χ2n) is 1.79. The Kier molecular flexibility index (Phi) is 2.95. The van der Waals surface area contributed by atoms with Gasteiger partial charge < -0.3 is 10.0 Å². The van der Waals surface area contributed by atoms with E-state index in [1.807, 2.05) is 0 Å². The highest BCUT2D eigenvalue weighted by Crippen LogP contribution is 1.90. The van der Waals surface area contributed by atoms with E-state index in [2.05, 4.69) is 6.58 Å². The van der Waals surface area contributed by atoms with E-state index in [1.54, 1.807) is 0 Å². The molecule has 0 saturated heterocycles. The Bertz CT molecular complexity index is 120. The van der Waals surface area contributed by atoms with Gasteiger partial charge in [-0.1, -0.05) is 6.58 Å². The highest BCUT2D eigenvalue weighted by Gasteiger charge is 2.07. The van der Waals surface area contributed by atoms with Crippen molar-refractivity contribution < 1.29 is 9.90 Å². The van der Waals surface area contributed by atoms with Crippen LogP contribution in [0.2, 0.25) is 0 Å². The molecule has 0 spiro atoms. The van der Waals surface area contributed by atoms with Gasteiger partial charge in [0.2, 0.25) is 5.91 Å². The van der Waals surface area contributed by atoms with Gasteiger partial charge in [0.1, 0.15) is 6.23 Å². The first-order chi connectivity index (χ1) is 4.09. The number of rotatable bonds is 2. The van der Waals surface area contributed by atoms with Crippen LogP contribution >= 0.6 is 0 Å². The summed E-state index contributed by atoms with van der Waals surface area (Å²) in [4.78, 5) is 11.8. The topological polar surface area (TPSA) is 40.5 Å². The van der Waals surface area contributed by atoms with Crippen LogP contribution in [-0.4, -0.2) is 29.2 Å². The lowest BCUT2D eigenvalue weighted by Gasteiger charge is -2.17. The van der Waals surface area contributed by atoms with Gasteiger partial charge in [-0.25, -0.2) is 0 Å². The minimum Gasteiger partial charge on any atom is -0.374 e. The summed E-state index contributed by atoms with van der Waals surface area (Å²) in [6.07, 6.45) is 0.419. The van der Waals surface area contributed by atoms with Crippen LogP contribution in [0.15, 0.2) is 12.7 Å². The fourth-order valence-electron chi connectivity index (χ4n) is 0.328. The van der Waals surface area contributed by atoms with Crippen LogP contribution in [0.1, 0.15) is 6.92 Å². The van der Waals surface area contributed by atoms with Crippen LogP contribution in [0, 0.1) is 0 Å². The molecule has 0 aromatic heterocycles. The molecule has 0 aromatic rings. The Morgan fingerprint density at radius 3 is 2.44 bits per heavy atom. The van der Waals surface area contributed by atoms with Crippen LogP contribution < -0.4 is 0 Å². The standard InChI is InChI=1S/C6H11NO2/c1-4-6(9)7(3)5(2)8/h4-5,8H,1H2,2-3H3. The third-order valence-electron chi connectivity index (χ3n) is 1.08. The lowest BCUT2D eigenvalue weighted by atomic mass is 10.5. The molecular weight excluding hydrogens is 118 g/mol. The van der Waals surface area contributed by atoms with E-state index in [0.717, 1.165) is 6.08 Å². The summed E-state index contributed by atoms with van der Waals surface area (Å²) in [5.74, 6) is -0.273. The molecule has 1 amide bonds. The number of aliphatic hydroxyl groups excluding tert-OH is 1. The molecule has 0 fully saturated rings. The molecule has 1 N–H and O–H groups in total. The minimum atomic E-state index is -0.740. The van der Waals surface area contributed by atoms with Crippen molar-refractivity contribution in [3.63, 3.8) is 0 Å². The van der Waals surface area contributed by atoms with Crippen molar-refractivity contribution in [2.24, 2.45) is 0 Å². The molecule has 0 saturated carbocycles. The smallest absolute Gasteiger partial charge is 0.247 e. The molecule has 1 atom stereocenters. The molecule has 0 aliphatic rings. The van der Waals surface area contributed by atoms with Crippen molar-refractivity contribution >= 4 is 5.91 Å². The molecule has 0 aliphatic heterocycles. The molecule has 3 nitrogen and oxygen atoms in total. The summed E-state index contributed by atoms with van der Waals surface area (Å²) in [7, 11) is 1.51. The molecule has 0 radical (unpaired) electrons. The summed E-state index contributed by atoms with van der Waals surface area (Å²) >= 11 is 0. The van der Waals surface area contributed by atoms with Crippen molar-refractivity contribution in [3.8, 4) is 0 Å². The SMILES string of the molecule is C=CC(=O)N(C)C(C)O. The van der Waals surface area contributed by atoms with E-state index < -0.39 is 6.23 Å². The van der Waals surface area contributed by atoms with Gasteiger partial charge in [0.25, 0.3) is 0 Å². The fourth-order valence-corrected chi connectivity index (χ4v) is 0.328. The average molecular weight is 129 g/mol. The predicted octanol–water partition coefficient (Wildman–Crippen LogP) is -0.0309. The monoisotopic (exact) mass is 129 g/mol. The van der Waals surface area contributed by atoms with Crippen LogP contribution in [0.5, 0.6) is 0 Å². The number of likely N-dealkylation sites (N-methyl/N-ethyl adjacent to an activating group) is 1. The predicted molar refractivity (Wildman–Crippen MR) is 34.6 cm³/mol. The van der Waals surface area contributed by atoms with Crippen molar-refractivity contribution in [1.29, 1.82) is 0 Å². The van der Waals surface area contributed by atoms with Crippen LogP contribution in [0.25, 0.3) is 0 Å². The van der Waals surface area contributed by atoms with Crippen LogP contribution in [0.3, 0.4) is 0 Å². The Morgan fingerprint density at radius 1 is 1.89 bits per heavy atom. The summed E-state index contributed by atoms with van der Waals surface area (Å²) in [6, 6.07) is 0. The summed E-state index contributed by atoms with van der Waals surface area (Å²) in [5, 5.41) is 8.78. The molecule has 9 heavy (non-hydrogen) atoms. The molecule has 0 aromatic carbocycles. The first-order valence-electron chi connectivity index (χ1n) is 2.67. The molecule has 0 bridgehead atoms. The van der Waals surface area contributed by atoms with Crippen molar-refractivity contribution in [2.75, 3.05) is 7.05 Å². The summed E-state index contributed by atoms with van der Waals surface area (Å²) in [6.45, 7) is 4.78. The third-order valence-corrected chi connectivity index (χ3v) is 1.08. The first kappa shape index (κ1) is 8.17. The molecule has 3 heteroatoms. The van der Waals surface area contributed by atoms with E-state index in [4.69, 9.17) is 5.11 Å². The van der Waals surface area contributed by atoms with Crippen LogP contribution in [0.4, 0.5) is 0 Å². The number of amides is 1. The minimum absolute atomic E-state index is 0.273. The second kappa shape index (κ2) is 3.25. The molecular formula is C6H11NO2. The summed E-state index contributed by atoms with van der Waals surface area (Å²) in [5.41, 5.74) is 0. The Hall–Kier alpha value is -0.830. The Morgan fingerprint density at radius 2 is 2.33 bits per heavy atom. The highest BCUT2D eigenvalue weighted by atomic mass is 16.3. The van der Waals surface area contributed by atoms with Gasteiger partial charge in [-0.15, -0.1) is 0 Å².